The van der Waals surface area contributed by atoms with Gasteiger partial charge in [-0.2, -0.15) is 5.10 Å². The molecule has 0 N–H and O–H groups in total. The van der Waals surface area contributed by atoms with Crippen LogP contribution < -0.4 is 0 Å². The molecule has 0 bridgehead atoms. The van der Waals surface area contributed by atoms with E-state index in [4.69, 9.17) is 0 Å². The molecule has 25 heavy (non-hydrogen) atoms. The molecular weight excluding hydrogens is 312 g/mol. The van der Waals surface area contributed by atoms with Gasteiger partial charge in [-0.15, -0.1) is 0 Å². The molecule has 0 aliphatic heterocycles. The summed E-state index contributed by atoms with van der Waals surface area (Å²) in [6, 6.07) is 17.4. The van der Waals surface area contributed by atoms with E-state index >= 15 is 0 Å². The van der Waals surface area contributed by atoms with Crippen LogP contribution in [0.2, 0.25) is 0 Å². The minimum atomic E-state index is -0.0649. The van der Waals surface area contributed by atoms with Gasteiger partial charge in [-0.05, 0) is 30.3 Å². The van der Waals surface area contributed by atoms with Crippen LogP contribution in [0.1, 0.15) is 10.4 Å². The fourth-order valence-electron chi connectivity index (χ4n) is 3.46. The van der Waals surface area contributed by atoms with Crippen LogP contribution in [0, 0.1) is 0 Å². The van der Waals surface area contributed by atoms with Crippen LogP contribution in [-0.2, 0) is 7.05 Å². The van der Waals surface area contributed by atoms with Gasteiger partial charge in [-0.3, -0.25) is 19.0 Å². The van der Waals surface area contributed by atoms with Crippen molar-refractivity contribution in [2.45, 2.75) is 0 Å². The highest BCUT2D eigenvalue weighted by molar-refractivity contribution is 6.15. The predicted octanol–water partition coefficient (Wildman–Crippen LogP) is 3.76. The highest BCUT2D eigenvalue weighted by atomic mass is 16.2. The van der Waals surface area contributed by atoms with Gasteiger partial charge in [0.25, 0.3) is 5.91 Å². The molecule has 5 nitrogen and oxygen atoms in total. The molecule has 0 aliphatic carbocycles. The molecule has 3 aromatic heterocycles. The summed E-state index contributed by atoms with van der Waals surface area (Å²) in [6.07, 6.45) is 3.50. The first kappa shape index (κ1) is 13.9. The van der Waals surface area contributed by atoms with E-state index in [9.17, 15) is 4.79 Å². The molecule has 5 rings (SSSR count). The summed E-state index contributed by atoms with van der Waals surface area (Å²) >= 11 is 0. The number of fused-ring (bicyclic) bond motifs is 4. The molecule has 0 unspecified atom stereocenters. The van der Waals surface area contributed by atoms with Crippen molar-refractivity contribution < 1.29 is 4.79 Å². The van der Waals surface area contributed by atoms with E-state index in [0.29, 0.717) is 5.56 Å². The second kappa shape index (κ2) is 5.01. The van der Waals surface area contributed by atoms with Crippen molar-refractivity contribution in [3.63, 3.8) is 0 Å². The summed E-state index contributed by atoms with van der Waals surface area (Å²) in [5.41, 5.74) is 4.18. The largest absolute Gasteiger partial charge is 0.272 e. The van der Waals surface area contributed by atoms with Gasteiger partial charge in [0.15, 0.2) is 0 Å². The number of nitrogens with zero attached hydrogens (tertiary/aromatic N) is 4. The Morgan fingerprint density at radius 1 is 1.00 bits per heavy atom. The normalized spacial score (nSPS) is 11.6. The van der Waals surface area contributed by atoms with Crippen LogP contribution in [0.5, 0.6) is 0 Å². The van der Waals surface area contributed by atoms with Gasteiger partial charge >= 0.3 is 0 Å². The number of para-hydroxylation sites is 1. The Hall–Kier alpha value is -3.47. The summed E-state index contributed by atoms with van der Waals surface area (Å²) < 4.78 is 3.56. The van der Waals surface area contributed by atoms with Crippen molar-refractivity contribution in [1.29, 1.82) is 0 Å². The Morgan fingerprint density at radius 2 is 1.88 bits per heavy atom. The highest BCUT2D eigenvalue weighted by Gasteiger charge is 2.20. The number of benzene rings is 2. The third-order valence-electron chi connectivity index (χ3n) is 4.61. The van der Waals surface area contributed by atoms with E-state index in [2.05, 4.69) is 10.1 Å². The van der Waals surface area contributed by atoms with Crippen LogP contribution in [0.4, 0.5) is 0 Å². The fourth-order valence-corrected chi connectivity index (χ4v) is 3.46. The number of pyridine rings is 1. The monoisotopic (exact) mass is 326 g/mol. The third-order valence-corrected chi connectivity index (χ3v) is 4.61. The molecule has 0 fully saturated rings. The zero-order valence-corrected chi connectivity index (χ0v) is 13.5. The highest BCUT2D eigenvalue weighted by Crippen LogP contribution is 2.29. The van der Waals surface area contributed by atoms with Crippen molar-refractivity contribution >= 4 is 38.7 Å². The summed E-state index contributed by atoms with van der Waals surface area (Å²) in [7, 11) is 1.89. The lowest BCUT2D eigenvalue weighted by Gasteiger charge is -2.06. The zero-order chi connectivity index (χ0) is 17.0. The molecule has 0 radical (unpaired) electrons. The molecular formula is C20H14N4O. The van der Waals surface area contributed by atoms with Crippen molar-refractivity contribution in [2.24, 2.45) is 7.05 Å². The topological polar surface area (TPSA) is 52.7 Å². The number of hydrogen-bond donors (Lipinski definition) is 0. The Bertz CT molecular complexity index is 1280. The second-order valence-corrected chi connectivity index (χ2v) is 6.07. The Morgan fingerprint density at radius 3 is 2.80 bits per heavy atom. The van der Waals surface area contributed by atoms with Gasteiger partial charge in [-0.25, -0.2) is 0 Å². The number of carbonyl (C=O) groups is 1. The van der Waals surface area contributed by atoms with Crippen molar-refractivity contribution in [3.8, 4) is 0 Å². The summed E-state index contributed by atoms with van der Waals surface area (Å²) in [4.78, 5) is 17.6. The SMILES string of the molecule is Cn1ncc2c1c1ccccc1n2C(=O)c1ccc2ncccc2c1. The smallest absolute Gasteiger partial charge is 0.263 e. The lowest BCUT2D eigenvalue weighted by atomic mass is 10.1. The standard InChI is InChI=1S/C20H14N4O/c1-23-19-15-6-2-3-7-17(15)24(18(19)12-22-23)20(25)14-8-9-16-13(11-14)5-4-10-21-16/h2-12H,1H3. The van der Waals surface area contributed by atoms with Crippen molar-refractivity contribution in [3.05, 3.63) is 72.6 Å². The lowest BCUT2D eigenvalue weighted by Crippen LogP contribution is -2.11. The molecule has 3 heterocycles. The maximum absolute atomic E-state index is 13.3. The zero-order valence-electron chi connectivity index (χ0n) is 13.5. The first-order valence-electron chi connectivity index (χ1n) is 8.05. The predicted molar refractivity (Wildman–Crippen MR) is 97.7 cm³/mol. The van der Waals surface area contributed by atoms with Crippen LogP contribution in [-0.4, -0.2) is 25.2 Å². The molecule has 5 aromatic rings. The van der Waals surface area contributed by atoms with Gasteiger partial charge < -0.3 is 0 Å². The van der Waals surface area contributed by atoms with E-state index in [1.165, 1.54) is 0 Å². The first-order chi connectivity index (χ1) is 12.2. The molecule has 0 saturated heterocycles. The molecule has 0 amide bonds. The van der Waals surface area contributed by atoms with Crippen LogP contribution in [0.25, 0.3) is 32.8 Å². The van der Waals surface area contributed by atoms with Crippen LogP contribution in [0.15, 0.2) is 67.0 Å². The minimum Gasteiger partial charge on any atom is -0.272 e. The maximum atomic E-state index is 13.3. The van der Waals surface area contributed by atoms with E-state index < -0.39 is 0 Å². The van der Waals surface area contributed by atoms with E-state index in [-0.39, 0.29) is 5.91 Å². The Labute approximate surface area is 143 Å². The molecule has 0 atom stereocenters. The number of rotatable bonds is 1. The van der Waals surface area contributed by atoms with Gasteiger partial charge in [-0.1, -0.05) is 24.3 Å². The Balaban J connectivity index is 1.79. The first-order valence-corrected chi connectivity index (χ1v) is 8.05. The summed E-state index contributed by atoms with van der Waals surface area (Å²) in [5, 5.41) is 6.30. The van der Waals surface area contributed by atoms with Gasteiger partial charge in [0.2, 0.25) is 0 Å². The van der Waals surface area contributed by atoms with Gasteiger partial charge in [0.05, 0.1) is 28.3 Å². The molecule has 5 heteroatoms. The third kappa shape index (κ3) is 1.92. The van der Waals surface area contributed by atoms with Crippen molar-refractivity contribution in [2.75, 3.05) is 0 Å². The van der Waals surface area contributed by atoms with Gasteiger partial charge in [0, 0.05) is 29.6 Å². The molecule has 2 aromatic carbocycles. The quantitative estimate of drug-likeness (QED) is 0.471. The van der Waals surface area contributed by atoms with Crippen LogP contribution in [0.3, 0.4) is 0 Å². The number of hydrogen-bond acceptors (Lipinski definition) is 3. The summed E-state index contributed by atoms with van der Waals surface area (Å²) in [5.74, 6) is -0.0649. The number of carbonyl (C=O) groups excluding carboxylic acids is 1. The average molecular weight is 326 g/mol. The number of aryl methyl sites for hydroxylation is 1. The van der Waals surface area contributed by atoms with Gasteiger partial charge in [0.1, 0.15) is 0 Å². The van der Waals surface area contributed by atoms with Crippen molar-refractivity contribution in [1.82, 2.24) is 19.3 Å². The average Bonchev–Trinajstić information content (AvgIpc) is 3.18. The minimum absolute atomic E-state index is 0.0649. The molecule has 0 aliphatic rings. The molecule has 0 saturated carbocycles. The van der Waals surface area contributed by atoms with E-state index in [1.54, 1.807) is 17.0 Å². The fraction of sp³-hybridized carbons (Fsp3) is 0.0500. The van der Waals surface area contributed by atoms with Crippen LogP contribution >= 0.6 is 0 Å². The lowest BCUT2D eigenvalue weighted by molar-refractivity contribution is 0.0969. The summed E-state index contributed by atoms with van der Waals surface area (Å²) in [6.45, 7) is 0. The molecule has 120 valence electrons. The van der Waals surface area contributed by atoms with E-state index in [1.807, 2.05) is 66.3 Å². The molecule has 0 spiro atoms. The van der Waals surface area contributed by atoms with E-state index in [0.717, 1.165) is 32.8 Å². The Kier molecular flexibility index (Phi) is 2.79. The number of aromatic nitrogens is 4. The maximum Gasteiger partial charge on any atom is 0.263 e. The second-order valence-electron chi connectivity index (χ2n) is 6.07.